The Labute approximate surface area is 152 Å². The lowest BCUT2D eigenvalue weighted by molar-refractivity contribution is -0.121. The normalized spacial score (nSPS) is 12.5. The molecule has 1 aliphatic rings. The van der Waals surface area contributed by atoms with Crippen LogP contribution in [0.4, 0.5) is 0 Å². The van der Waals surface area contributed by atoms with Gasteiger partial charge < -0.3 is 19.4 Å². The predicted octanol–water partition coefficient (Wildman–Crippen LogP) is 3.55. The molecule has 1 N–H and O–H groups in total. The van der Waals surface area contributed by atoms with Crippen LogP contribution in [0.2, 0.25) is 0 Å². The van der Waals surface area contributed by atoms with Crippen molar-refractivity contribution in [1.29, 1.82) is 0 Å². The topological polar surface area (TPSA) is 52.5 Å². The lowest BCUT2D eigenvalue weighted by atomic mass is 10.1. The summed E-state index contributed by atoms with van der Waals surface area (Å²) in [6, 6.07) is 14.1. The molecular weight excluding hydrogens is 328 g/mol. The summed E-state index contributed by atoms with van der Waals surface area (Å²) in [6.07, 6.45) is 4.42. The Kier molecular flexibility index (Phi) is 4.52. The molecule has 2 heterocycles. The van der Waals surface area contributed by atoms with E-state index >= 15 is 0 Å². The highest BCUT2D eigenvalue weighted by Gasteiger charge is 2.13. The summed E-state index contributed by atoms with van der Waals surface area (Å²) in [5, 5.41) is 4.25. The van der Waals surface area contributed by atoms with Gasteiger partial charge in [0.2, 0.25) is 12.7 Å². The lowest BCUT2D eigenvalue weighted by Gasteiger charge is -2.06. The van der Waals surface area contributed by atoms with Gasteiger partial charge in [-0.3, -0.25) is 4.79 Å². The maximum absolute atomic E-state index is 12.1. The molecule has 0 bridgehead atoms. The van der Waals surface area contributed by atoms with Crippen molar-refractivity contribution in [2.75, 3.05) is 6.79 Å². The summed E-state index contributed by atoms with van der Waals surface area (Å²) < 4.78 is 12.8. The minimum absolute atomic E-state index is 0.0721. The van der Waals surface area contributed by atoms with E-state index in [2.05, 4.69) is 47.4 Å². The summed E-state index contributed by atoms with van der Waals surface area (Å²) in [4.78, 5) is 12.1. The standard InChI is InChI=1S/C21H22N2O3/c1-23-13-16(17-6-2-3-7-18(17)23)5-4-8-21(24)22-12-15-9-10-19-20(11-15)26-14-25-19/h2-3,6-7,9-11,13H,4-5,8,12,14H2,1H3,(H,22,24). The third kappa shape index (κ3) is 3.38. The van der Waals surface area contributed by atoms with E-state index in [1.165, 1.54) is 16.5 Å². The number of nitrogens with zero attached hydrogens (tertiary/aromatic N) is 1. The molecule has 26 heavy (non-hydrogen) atoms. The van der Waals surface area contributed by atoms with E-state index in [-0.39, 0.29) is 12.7 Å². The Morgan fingerprint density at radius 2 is 2.00 bits per heavy atom. The number of benzene rings is 2. The SMILES string of the molecule is Cn1cc(CCCC(=O)NCc2ccc3c(c2)OCO3)c2ccccc21. The first kappa shape index (κ1) is 16.5. The zero-order valence-electron chi connectivity index (χ0n) is 14.8. The molecule has 0 fully saturated rings. The van der Waals surface area contributed by atoms with Crippen molar-refractivity contribution in [3.63, 3.8) is 0 Å². The number of fused-ring (bicyclic) bond motifs is 2. The second-order valence-electron chi connectivity index (χ2n) is 6.60. The average Bonchev–Trinajstić information content (AvgIpc) is 3.25. The van der Waals surface area contributed by atoms with Gasteiger partial charge in [-0.1, -0.05) is 24.3 Å². The average molecular weight is 350 g/mol. The number of hydrogen-bond acceptors (Lipinski definition) is 3. The highest BCUT2D eigenvalue weighted by molar-refractivity contribution is 5.84. The minimum atomic E-state index is 0.0721. The molecular formula is C21H22N2O3. The molecule has 5 nitrogen and oxygen atoms in total. The van der Waals surface area contributed by atoms with Crippen LogP contribution in [0.25, 0.3) is 10.9 Å². The first-order valence-electron chi connectivity index (χ1n) is 8.89. The number of aryl methyl sites for hydroxylation is 2. The Hall–Kier alpha value is -2.95. The number of rotatable bonds is 6. The molecule has 0 spiro atoms. The van der Waals surface area contributed by atoms with Crippen LogP contribution in [0.15, 0.2) is 48.7 Å². The van der Waals surface area contributed by atoms with Gasteiger partial charge >= 0.3 is 0 Å². The highest BCUT2D eigenvalue weighted by Crippen LogP contribution is 2.32. The quantitative estimate of drug-likeness (QED) is 0.740. The summed E-state index contributed by atoms with van der Waals surface area (Å²) in [6.45, 7) is 0.767. The Balaban J connectivity index is 1.27. The molecule has 1 aliphatic heterocycles. The predicted molar refractivity (Wildman–Crippen MR) is 100 cm³/mol. The van der Waals surface area contributed by atoms with Crippen LogP contribution in [-0.4, -0.2) is 17.3 Å². The number of aromatic nitrogens is 1. The van der Waals surface area contributed by atoms with Gasteiger partial charge in [-0.2, -0.15) is 0 Å². The number of para-hydroxylation sites is 1. The monoisotopic (exact) mass is 350 g/mol. The van der Waals surface area contributed by atoms with Crippen molar-refractivity contribution in [3.8, 4) is 11.5 Å². The molecule has 1 aromatic heterocycles. The smallest absolute Gasteiger partial charge is 0.231 e. The van der Waals surface area contributed by atoms with Gasteiger partial charge in [0.15, 0.2) is 11.5 Å². The van der Waals surface area contributed by atoms with E-state index in [9.17, 15) is 4.79 Å². The van der Waals surface area contributed by atoms with E-state index in [0.717, 1.165) is 29.9 Å². The largest absolute Gasteiger partial charge is 0.454 e. The fourth-order valence-corrected chi connectivity index (χ4v) is 3.40. The number of carbonyl (C=O) groups is 1. The number of nitrogens with one attached hydrogen (secondary N) is 1. The van der Waals surface area contributed by atoms with Gasteiger partial charge in [-0.15, -0.1) is 0 Å². The van der Waals surface area contributed by atoms with Crippen molar-refractivity contribution >= 4 is 16.8 Å². The molecule has 0 atom stereocenters. The molecule has 1 amide bonds. The van der Waals surface area contributed by atoms with E-state index < -0.39 is 0 Å². The first-order valence-corrected chi connectivity index (χ1v) is 8.89. The maximum atomic E-state index is 12.1. The van der Waals surface area contributed by atoms with Crippen molar-refractivity contribution in [2.45, 2.75) is 25.8 Å². The second kappa shape index (κ2) is 7.12. The van der Waals surface area contributed by atoms with Crippen LogP contribution >= 0.6 is 0 Å². The van der Waals surface area contributed by atoms with Gasteiger partial charge in [0.05, 0.1) is 0 Å². The molecule has 0 saturated heterocycles. The van der Waals surface area contributed by atoms with E-state index in [1.54, 1.807) is 0 Å². The van der Waals surface area contributed by atoms with Crippen molar-refractivity contribution in [2.24, 2.45) is 7.05 Å². The fraction of sp³-hybridized carbons (Fsp3) is 0.286. The third-order valence-electron chi connectivity index (χ3n) is 4.76. The van der Waals surface area contributed by atoms with Crippen LogP contribution in [0.1, 0.15) is 24.0 Å². The maximum Gasteiger partial charge on any atom is 0.231 e. The second-order valence-corrected chi connectivity index (χ2v) is 6.60. The van der Waals surface area contributed by atoms with E-state index in [0.29, 0.717) is 13.0 Å². The van der Waals surface area contributed by atoms with Crippen LogP contribution in [0.5, 0.6) is 11.5 Å². The Morgan fingerprint density at radius 1 is 1.15 bits per heavy atom. The number of ether oxygens (including phenoxy) is 2. The fourth-order valence-electron chi connectivity index (χ4n) is 3.40. The van der Waals surface area contributed by atoms with Crippen LogP contribution in [0, 0.1) is 0 Å². The molecule has 5 heteroatoms. The molecule has 134 valence electrons. The molecule has 0 unspecified atom stereocenters. The molecule has 0 saturated carbocycles. The van der Waals surface area contributed by atoms with Gasteiger partial charge in [0.1, 0.15) is 0 Å². The Morgan fingerprint density at radius 3 is 2.92 bits per heavy atom. The summed E-state index contributed by atoms with van der Waals surface area (Å²) in [5.74, 6) is 1.57. The van der Waals surface area contributed by atoms with Crippen LogP contribution in [-0.2, 0) is 24.8 Å². The zero-order chi connectivity index (χ0) is 17.9. The zero-order valence-corrected chi connectivity index (χ0v) is 14.8. The molecule has 0 radical (unpaired) electrons. The van der Waals surface area contributed by atoms with Gasteiger partial charge in [0, 0.05) is 37.1 Å². The van der Waals surface area contributed by atoms with E-state index in [1.807, 2.05) is 18.2 Å². The van der Waals surface area contributed by atoms with Crippen molar-refractivity contribution < 1.29 is 14.3 Å². The highest BCUT2D eigenvalue weighted by atomic mass is 16.7. The molecule has 0 aliphatic carbocycles. The summed E-state index contributed by atoms with van der Waals surface area (Å²) in [7, 11) is 2.06. The van der Waals surface area contributed by atoms with Crippen LogP contribution in [0.3, 0.4) is 0 Å². The van der Waals surface area contributed by atoms with Gasteiger partial charge in [-0.25, -0.2) is 0 Å². The molecule has 4 rings (SSSR count). The molecule has 2 aromatic carbocycles. The molecule has 3 aromatic rings. The summed E-state index contributed by atoms with van der Waals surface area (Å²) >= 11 is 0. The van der Waals surface area contributed by atoms with Crippen molar-refractivity contribution in [3.05, 3.63) is 59.8 Å². The van der Waals surface area contributed by atoms with Gasteiger partial charge in [-0.05, 0) is 42.2 Å². The van der Waals surface area contributed by atoms with Gasteiger partial charge in [0.25, 0.3) is 0 Å². The Bertz CT molecular complexity index is 946. The number of amides is 1. The first-order chi connectivity index (χ1) is 12.7. The number of hydrogen-bond donors (Lipinski definition) is 1. The van der Waals surface area contributed by atoms with E-state index in [4.69, 9.17) is 9.47 Å². The lowest BCUT2D eigenvalue weighted by Crippen LogP contribution is -2.22. The summed E-state index contributed by atoms with van der Waals surface area (Å²) in [5.41, 5.74) is 3.54. The van der Waals surface area contributed by atoms with Crippen LogP contribution < -0.4 is 14.8 Å². The van der Waals surface area contributed by atoms with Crippen molar-refractivity contribution in [1.82, 2.24) is 9.88 Å². The third-order valence-corrected chi connectivity index (χ3v) is 4.76. The minimum Gasteiger partial charge on any atom is -0.454 e. The number of carbonyl (C=O) groups excluding carboxylic acids is 1.